The van der Waals surface area contributed by atoms with Gasteiger partial charge in [0.05, 0.1) is 16.2 Å². The number of aromatic nitrogens is 1. The Morgan fingerprint density at radius 2 is 2.05 bits per heavy atom. The molecule has 5 nitrogen and oxygen atoms in total. The van der Waals surface area contributed by atoms with Gasteiger partial charge in [0, 0.05) is 29.9 Å². The molecular weight excluding hydrogens is 256 g/mol. The van der Waals surface area contributed by atoms with Crippen LogP contribution in [0.3, 0.4) is 0 Å². The van der Waals surface area contributed by atoms with Gasteiger partial charge in [-0.25, -0.2) is 0 Å². The number of hydrogen-bond acceptors (Lipinski definition) is 3. The molecule has 1 aromatic carbocycles. The number of benzene rings is 1. The minimum Gasteiger partial charge on any atom is -0.320 e. The molecule has 5 heteroatoms. The number of nitro benzene ring substituents is 1. The number of hydrogen-bond donors (Lipinski definition) is 0. The van der Waals surface area contributed by atoms with E-state index in [-0.39, 0.29) is 16.4 Å². The summed E-state index contributed by atoms with van der Waals surface area (Å²) in [6.45, 7) is 1.74. The summed E-state index contributed by atoms with van der Waals surface area (Å²) < 4.78 is 1.91. The summed E-state index contributed by atoms with van der Waals surface area (Å²) >= 11 is 0. The number of fused-ring (bicyclic) bond motifs is 1. The van der Waals surface area contributed by atoms with Crippen molar-refractivity contribution in [3.05, 3.63) is 57.4 Å². The zero-order valence-electron chi connectivity index (χ0n) is 11.1. The van der Waals surface area contributed by atoms with Crippen LogP contribution in [0.4, 0.5) is 5.69 Å². The Balaban J connectivity index is 2.18. The van der Waals surface area contributed by atoms with Crippen LogP contribution in [0, 0.1) is 17.0 Å². The van der Waals surface area contributed by atoms with E-state index in [2.05, 4.69) is 0 Å². The van der Waals surface area contributed by atoms with Gasteiger partial charge in [0.25, 0.3) is 5.69 Å². The highest BCUT2D eigenvalue weighted by molar-refractivity contribution is 5.98. The molecule has 3 rings (SSSR count). The molecule has 2 aromatic rings. The van der Waals surface area contributed by atoms with Crippen LogP contribution in [0.5, 0.6) is 0 Å². The lowest BCUT2D eigenvalue weighted by Crippen LogP contribution is -2.13. The summed E-state index contributed by atoms with van der Waals surface area (Å²) in [6, 6.07) is 6.84. The van der Waals surface area contributed by atoms with E-state index in [1.165, 1.54) is 6.07 Å². The number of nitro groups is 1. The predicted octanol–water partition coefficient (Wildman–Crippen LogP) is 3.21. The van der Waals surface area contributed by atoms with Gasteiger partial charge in [-0.3, -0.25) is 14.9 Å². The van der Waals surface area contributed by atoms with Crippen molar-refractivity contribution in [1.82, 2.24) is 4.57 Å². The molecule has 0 radical (unpaired) electrons. The fourth-order valence-corrected chi connectivity index (χ4v) is 2.82. The lowest BCUT2D eigenvalue weighted by atomic mass is 9.96. The quantitative estimate of drug-likeness (QED) is 0.621. The maximum Gasteiger partial charge on any atom is 0.274 e. The molecule has 102 valence electrons. The zero-order valence-corrected chi connectivity index (χ0v) is 11.1. The summed E-state index contributed by atoms with van der Waals surface area (Å²) in [5.74, 6) is 0.160. The first-order valence-electron chi connectivity index (χ1n) is 6.57. The van der Waals surface area contributed by atoms with Crippen LogP contribution < -0.4 is 0 Å². The Hall–Kier alpha value is -2.43. The average Bonchev–Trinajstić information content (AvgIpc) is 2.84. The van der Waals surface area contributed by atoms with Crippen LogP contribution in [-0.4, -0.2) is 15.3 Å². The Kier molecular flexibility index (Phi) is 2.89. The van der Waals surface area contributed by atoms with Crippen molar-refractivity contribution in [2.45, 2.75) is 26.2 Å². The summed E-state index contributed by atoms with van der Waals surface area (Å²) in [5.41, 5.74) is 3.21. The van der Waals surface area contributed by atoms with Gasteiger partial charge in [-0.15, -0.1) is 0 Å². The van der Waals surface area contributed by atoms with Crippen LogP contribution in [0.1, 0.15) is 34.5 Å². The van der Waals surface area contributed by atoms with E-state index in [1.54, 1.807) is 13.0 Å². The summed E-state index contributed by atoms with van der Waals surface area (Å²) in [7, 11) is 0. The molecule has 0 saturated carbocycles. The summed E-state index contributed by atoms with van der Waals surface area (Å²) in [6.07, 6.45) is 4.09. The van der Waals surface area contributed by atoms with Gasteiger partial charge in [-0.1, -0.05) is 6.07 Å². The van der Waals surface area contributed by atoms with Gasteiger partial charge < -0.3 is 4.57 Å². The third-order valence-electron chi connectivity index (χ3n) is 3.84. The average molecular weight is 270 g/mol. The van der Waals surface area contributed by atoms with Crippen LogP contribution in [0.15, 0.2) is 30.5 Å². The van der Waals surface area contributed by atoms with E-state index in [9.17, 15) is 14.9 Å². The highest BCUT2D eigenvalue weighted by atomic mass is 16.6. The third-order valence-corrected chi connectivity index (χ3v) is 3.84. The zero-order chi connectivity index (χ0) is 14.3. The van der Waals surface area contributed by atoms with E-state index >= 15 is 0 Å². The monoisotopic (exact) mass is 270 g/mol. The van der Waals surface area contributed by atoms with Crippen LogP contribution in [-0.2, 0) is 6.42 Å². The number of ketones is 1. The first-order chi connectivity index (χ1) is 9.59. The third kappa shape index (κ3) is 1.82. The molecule has 1 aliphatic rings. The molecule has 0 unspecified atom stereocenters. The first-order valence-corrected chi connectivity index (χ1v) is 6.57. The standard InChI is InChI=1S/C15H14N2O3/c1-10-12(4-2-5-13(10)17(19)20)16-9-8-11-14(16)6-3-7-15(11)18/h2,4-5,8-9H,3,6-7H2,1H3. The van der Waals surface area contributed by atoms with Crippen molar-refractivity contribution in [1.29, 1.82) is 0 Å². The van der Waals surface area contributed by atoms with Gasteiger partial charge in [0.2, 0.25) is 0 Å². The van der Waals surface area contributed by atoms with E-state index in [1.807, 2.05) is 22.9 Å². The molecule has 0 atom stereocenters. The van der Waals surface area contributed by atoms with Crippen molar-refractivity contribution in [2.24, 2.45) is 0 Å². The number of nitrogens with zero attached hydrogens (tertiary/aromatic N) is 2. The summed E-state index contributed by atoms with van der Waals surface area (Å²) in [4.78, 5) is 22.5. The normalized spacial score (nSPS) is 14.2. The molecule has 0 aliphatic heterocycles. The summed E-state index contributed by atoms with van der Waals surface area (Å²) in [5, 5.41) is 11.0. The molecule has 1 aliphatic carbocycles. The lowest BCUT2D eigenvalue weighted by Gasteiger charge is -2.16. The van der Waals surface area contributed by atoms with E-state index in [0.717, 1.165) is 29.8 Å². The molecule has 0 saturated heterocycles. The van der Waals surface area contributed by atoms with Crippen molar-refractivity contribution in [3.63, 3.8) is 0 Å². The molecule has 0 N–H and O–H groups in total. The topological polar surface area (TPSA) is 65.1 Å². The highest BCUT2D eigenvalue weighted by Crippen LogP contribution is 2.29. The maximum absolute atomic E-state index is 11.9. The minimum atomic E-state index is -0.375. The fourth-order valence-electron chi connectivity index (χ4n) is 2.82. The molecule has 20 heavy (non-hydrogen) atoms. The first kappa shape index (κ1) is 12.6. The van der Waals surface area contributed by atoms with Crippen LogP contribution in [0.25, 0.3) is 5.69 Å². The smallest absolute Gasteiger partial charge is 0.274 e. The van der Waals surface area contributed by atoms with Gasteiger partial charge in [0.1, 0.15) is 0 Å². The maximum atomic E-state index is 11.9. The molecule has 1 aromatic heterocycles. The second-order valence-corrected chi connectivity index (χ2v) is 5.00. The highest BCUT2D eigenvalue weighted by Gasteiger charge is 2.23. The van der Waals surface area contributed by atoms with Crippen molar-refractivity contribution in [2.75, 3.05) is 0 Å². The molecular formula is C15H14N2O3. The Bertz CT molecular complexity index is 716. The predicted molar refractivity (Wildman–Crippen MR) is 74.4 cm³/mol. The number of rotatable bonds is 2. The Morgan fingerprint density at radius 1 is 1.25 bits per heavy atom. The van der Waals surface area contributed by atoms with Crippen molar-refractivity contribution in [3.8, 4) is 5.69 Å². The number of carbonyl (C=O) groups excluding carboxylic acids is 1. The van der Waals surface area contributed by atoms with Gasteiger partial charge in [0.15, 0.2) is 5.78 Å². The van der Waals surface area contributed by atoms with Crippen molar-refractivity contribution < 1.29 is 9.72 Å². The molecule has 0 amide bonds. The van der Waals surface area contributed by atoms with Crippen LogP contribution in [0.2, 0.25) is 0 Å². The Morgan fingerprint density at radius 3 is 2.80 bits per heavy atom. The fraction of sp³-hybridized carbons (Fsp3) is 0.267. The number of carbonyl (C=O) groups is 1. The van der Waals surface area contributed by atoms with E-state index in [0.29, 0.717) is 12.0 Å². The van der Waals surface area contributed by atoms with Crippen molar-refractivity contribution >= 4 is 11.5 Å². The van der Waals surface area contributed by atoms with E-state index in [4.69, 9.17) is 0 Å². The van der Waals surface area contributed by atoms with E-state index < -0.39 is 0 Å². The molecule has 0 fully saturated rings. The SMILES string of the molecule is Cc1c(-n2ccc3c2CCCC3=O)cccc1[N+](=O)[O-]. The van der Waals surface area contributed by atoms with Gasteiger partial charge in [-0.05, 0) is 31.9 Å². The number of Topliss-reactive ketones (excluding diaryl/α,β-unsaturated/α-hetero) is 1. The molecule has 0 spiro atoms. The molecule has 1 heterocycles. The minimum absolute atomic E-state index is 0.104. The largest absolute Gasteiger partial charge is 0.320 e. The second kappa shape index (κ2) is 4.59. The molecule has 0 bridgehead atoms. The second-order valence-electron chi connectivity index (χ2n) is 5.00. The lowest BCUT2D eigenvalue weighted by molar-refractivity contribution is -0.385. The van der Waals surface area contributed by atoms with Gasteiger partial charge >= 0.3 is 0 Å². The van der Waals surface area contributed by atoms with Crippen LogP contribution >= 0.6 is 0 Å². The Labute approximate surface area is 116 Å². The van der Waals surface area contributed by atoms with Gasteiger partial charge in [-0.2, -0.15) is 0 Å².